The monoisotopic (exact) mass is 403 g/mol. The Hall–Kier alpha value is -3.41. The second kappa shape index (κ2) is 7.78. The first kappa shape index (κ1) is 19.9. The summed E-state index contributed by atoms with van der Waals surface area (Å²) in [5, 5.41) is 7.60. The Morgan fingerprint density at radius 2 is 1.87 bits per heavy atom. The number of carbonyl (C=O) groups is 2. The first-order chi connectivity index (χ1) is 14.4. The van der Waals surface area contributed by atoms with E-state index in [1.807, 2.05) is 39.0 Å². The maximum absolute atomic E-state index is 13.3. The average Bonchev–Trinajstić information content (AvgIpc) is 3.06. The van der Waals surface area contributed by atoms with E-state index < -0.39 is 5.92 Å². The third-order valence-corrected chi connectivity index (χ3v) is 5.60. The largest absolute Gasteiger partial charge is 0.494 e. The number of aromatic nitrogens is 2. The van der Waals surface area contributed by atoms with Gasteiger partial charge in [-0.25, -0.2) is 4.68 Å². The van der Waals surface area contributed by atoms with Gasteiger partial charge < -0.3 is 10.1 Å². The Kier molecular flexibility index (Phi) is 5.16. The van der Waals surface area contributed by atoms with Gasteiger partial charge in [0, 0.05) is 17.5 Å². The number of benzene rings is 2. The number of Topliss-reactive ketones (excluding diaryl/α,β-unsaturated/α-hetero) is 1. The average molecular weight is 403 g/mol. The lowest BCUT2D eigenvalue weighted by molar-refractivity contribution is -0.116. The summed E-state index contributed by atoms with van der Waals surface area (Å²) in [4.78, 5) is 25.8. The number of amides is 1. The van der Waals surface area contributed by atoms with E-state index in [1.165, 1.54) is 5.56 Å². The van der Waals surface area contributed by atoms with Crippen molar-refractivity contribution in [2.24, 2.45) is 0 Å². The maximum Gasteiger partial charge on any atom is 0.226 e. The molecular formula is C24H25N3O3. The molecule has 1 amide bonds. The van der Waals surface area contributed by atoms with Gasteiger partial charge in [0.05, 0.1) is 23.9 Å². The highest BCUT2D eigenvalue weighted by Crippen LogP contribution is 2.38. The van der Waals surface area contributed by atoms with Crippen molar-refractivity contribution in [3.8, 4) is 11.4 Å². The molecule has 154 valence electrons. The molecule has 0 saturated heterocycles. The third-order valence-electron chi connectivity index (χ3n) is 5.60. The summed E-state index contributed by atoms with van der Waals surface area (Å²) in [6.07, 6.45) is 0.110. The molecule has 1 atom stereocenters. The maximum atomic E-state index is 13.3. The van der Waals surface area contributed by atoms with Crippen LogP contribution in [0.2, 0.25) is 0 Å². The van der Waals surface area contributed by atoms with E-state index in [2.05, 4.69) is 17.3 Å². The van der Waals surface area contributed by atoms with Crippen molar-refractivity contribution in [2.45, 2.75) is 40.0 Å². The van der Waals surface area contributed by atoms with E-state index in [-0.39, 0.29) is 18.1 Å². The van der Waals surface area contributed by atoms with Crippen molar-refractivity contribution in [1.29, 1.82) is 0 Å². The molecule has 2 aromatic carbocycles. The lowest BCUT2D eigenvalue weighted by Gasteiger charge is -2.23. The first-order valence-corrected chi connectivity index (χ1v) is 10.1. The summed E-state index contributed by atoms with van der Waals surface area (Å²) in [6.45, 7) is 8.45. The van der Waals surface area contributed by atoms with E-state index in [9.17, 15) is 9.59 Å². The van der Waals surface area contributed by atoms with E-state index >= 15 is 0 Å². The zero-order valence-electron chi connectivity index (χ0n) is 17.7. The fraction of sp³-hybridized carbons (Fsp3) is 0.292. The number of nitrogens with one attached hydrogen (secondary N) is 1. The standard InChI is InChI=1S/C24H25N3O3/c1-5-30-19-10-7-17(8-11-19)23(29)20-13-21(28)25-24-22(20)16(4)26-27(24)18-9-6-14(2)15(3)12-18/h6-12,20H,5,13H2,1-4H3,(H,25,28)/t20-/m0/s1. The lowest BCUT2D eigenvalue weighted by atomic mass is 9.85. The Morgan fingerprint density at radius 3 is 2.53 bits per heavy atom. The predicted molar refractivity (Wildman–Crippen MR) is 116 cm³/mol. The molecule has 0 aliphatic carbocycles. The first-order valence-electron chi connectivity index (χ1n) is 10.1. The smallest absolute Gasteiger partial charge is 0.226 e. The van der Waals surface area contributed by atoms with Gasteiger partial charge in [-0.2, -0.15) is 5.10 Å². The number of fused-ring (bicyclic) bond motifs is 1. The predicted octanol–water partition coefficient (Wildman–Crippen LogP) is 4.50. The molecule has 3 aromatic rings. The van der Waals surface area contributed by atoms with Crippen LogP contribution < -0.4 is 10.1 Å². The molecule has 6 nitrogen and oxygen atoms in total. The normalized spacial score (nSPS) is 15.5. The quantitative estimate of drug-likeness (QED) is 0.637. The highest BCUT2D eigenvalue weighted by atomic mass is 16.5. The number of hydrogen-bond acceptors (Lipinski definition) is 4. The van der Waals surface area contributed by atoms with E-state index in [1.54, 1.807) is 28.9 Å². The molecule has 0 bridgehead atoms. The fourth-order valence-electron chi connectivity index (χ4n) is 3.90. The Bertz CT molecular complexity index is 1130. The van der Waals surface area contributed by atoms with Gasteiger partial charge in [-0.1, -0.05) is 6.07 Å². The topological polar surface area (TPSA) is 73.2 Å². The molecular weight excluding hydrogens is 378 g/mol. The van der Waals surface area contributed by atoms with Crippen LogP contribution in [0.4, 0.5) is 5.82 Å². The molecule has 0 saturated carbocycles. The number of ketones is 1. The molecule has 1 aliphatic heterocycles. The van der Waals surface area contributed by atoms with Crippen molar-refractivity contribution in [3.63, 3.8) is 0 Å². The fourth-order valence-corrected chi connectivity index (χ4v) is 3.90. The van der Waals surface area contributed by atoms with Gasteiger partial charge in [0.1, 0.15) is 11.6 Å². The van der Waals surface area contributed by atoms with Gasteiger partial charge in [0.2, 0.25) is 5.91 Å². The van der Waals surface area contributed by atoms with Crippen molar-refractivity contribution < 1.29 is 14.3 Å². The zero-order valence-corrected chi connectivity index (χ0v) is 17.7. The van der Waals surface area contributed by atoms with Gasteiger partial charge in [0.15, 0.2) is 5.78 Å². The minimum atomic E-state index is -0.563. The Morgan fingerprint density at radius 1 is 1.13 bits per heavy atom. The second-order valence-electron chi connectivity index (χ2n) is 7.65. The zero-order chi connectivity index (χ0) is 21.4. The van der Waals surface area contributed by atoms with Crippen molar-refractivity contribution in [2.75, 3.05) is 11.9 Å². The molecule has 6 heteroatoms. The van der Waals surface area contributed by atoms with Crippen LogP contribution in [0.3, 0.4) is 0 Å². The molecule has 30 heavy (non-hydrogen) atoms. The summed E-state index contributed by atoms with van der Waals surface area (Å²) < 4.78 is 7.19. The third kappa shape index (κ3) is 3.49. The summed E-state index contributed by atoms with van der Waals surface area (Å²) in [5.41, 5.74) is 5.27. The van der Waals surface area contributed by atoms with Gasteiger partial charge in [-0.05, 0) is 75.2 Å². The van der Waals surface area contributed by atoms with Crippen LogP contribution in [0, 0.1) is 20.8 Å². The van der Waals surface area contributed by atoms with E-state index in [0.717, 1.165) is 28.3 Å². The van der Waals surface area contributed by atoms with Gasteiger partial charge in [-0.15, -0.1) is 0 Å². The van der Waals surface area contributed by atoms with Crippen LogP contribution in [0.1, 0.15) is 52.0 Å². The highest BCUT2D eigenvalue weighted by molar-refractivity contribution is 6.08. The molecule has 0 spiro atoms. The summed E-state index contributed by atoms with van der Waals surface area (Å²) in [6, 6.07) is 13.1. The van der Waals surface area contributed by atoms with E-state index in [4.69, 9.17) is 4.74 Å². The molecule has 1 aromatic heterocycles. The van der Waals surface area contributed by atoms with Crippen molar-refractivity contribution in [3.05, 3.63) is 70.4 Å². The lowest BCUT2D eigenvalue weighted by Crippen LogP contribution is -2.28. The number of ether oxygens (including phenoxy) is 1. The highest BCUT2D eigenvalue weighted by Gasteiger charge is 2.36. The van der Waals surface area contributed by atoms with Crippen LogP contribution in [-0.2, 0) is 4.79 Å². The molecule has 0 radical (unpaired) electrons. The molecule has 2 heterocycles. The van der Waals surface area contributed by atoms with Crippen LogP contribution >= 0.6 is 0 Å². The minimum absolute atomic E-state index is 0.0862. The Labute approximate surface area is 175 Å². The molecule has 1 N–H and O–H groups in total. The molecule has 1 aliphatic rings. The van der Waals surface area contributed by atoms with Gasteiger partial charge in [-0.3, -0.25) is 9.59 Å². The summed E-state index contributed by atoms with van der Waals surface area (Å²) in [7, 11) is 0. The number of anilines is 1. The molecule has 0 unspecified atom stereocenters. The number of carbonyl (C=O) groups excluding carboxylic acids is 2. The Balaban J connectivity index is 1.75. The molecule has 4 rings (SSSR count). The van der Waals surface area contributed by atoms with Crippen molar-refractivity contribution in [1.82, 2.24) is 9.78 Å². The number of rotatable bonds is 5. The number of aryl methyl sites for hydroxylation is 3. The van der Waals surface area contributed by atoms with Crippen LogP contribution in [0.5, 0.6) is 5.75 Å². The number of hydrogen-bond donors (Lipinski definition) is 1. The van der Waals surface area contributed by atoms with Crippen LogP contribution in [0.25, 0.3) is 5.69 Å². The minimum Gasteiger partial charge on any atom is -0.494 e. The summed E-state index contributed by atoms with van der Waals surface area (Å²) in [5.74, 6) is 0.465. The molecule has 0 fully saturated rings. The van der Waals surface area contributed by atoms with E-state index in [0.29, 0.717) is 18.0 Å². The van der Waals surface area contributed by atoms with Crippen LogP contribution in [-0.4, -0.2) is 28.1 Å². The second-order valence-corrected chi connectivity index (χ2v) is 7.65. The van der Waals surface area contributed by atoms with Crippen LogP contribution in [0.15, 0.2) is 42.5 Å². The van der Waals surface area contributed by atoms with Gasteiger partial charge in [0.25, 0.3) is 0 Å². The summed E-state index contributed by atoms with van der Waals surface area (Å²) >= 11 is 0. The van der Waals surface area contributed by atoms with Gasteiger partial charge >= 0.3 is 0 Å². The number of nitrogens with zero attached hydrogens (tertiary/aromatic N) is 2. The SMILES string of the molecule is CCOc1ccc(C(=O)[C@H]2CC(=O)Nc3c2c(C)nn3-c2ccc(C)c(C)c2)cc1. The van der Waals surface area contributed by atoms with Crippen molar-refractivity contribution >= 4 is 17.5 Å².